The van der Waals surface area contributed by atoms with Crippen molar-refractivity contribution in [3.8, 4) is 11.4 Å². The van der Waals surface area contributed by atoms with Crippen LogP contribution in [0.25, 0.3) is 22.3 Å². The highest BCUT2D eigenvalue weighted by atomic mass is 32.2. The third kappa shape index (κ3) is 13.7. The van der Waals surface area contributed by atoms with Crippen molar-refractivity contribution in [1.82, 2.24) is 35.7 Å². The van der Waals surface area contributed by atoms with Crippen LogP contribution in [0.2, 0.25) is 0 Å². The molecule has 24 nitrogen and oxygen atoms in total. The van der Waals surface area contributed by atoms with Crippen LogP contribution in [0.1, 0.15) is 95.0 Å². The molecule has 1 fully saturated rings. The second kappa shape index (κ2) is 25.8. The second-order valence-corrected chi connectivity index (χ2v) is 23.7. The van der Waals surface area contributed by atoms with E-state index in [9.17, 15) is 51.9 Å². The lowest BCUT2D eigenvalue weighted by molar-refractivity contribution is -0.188. The van der Waals surface area contributed by atoms with Crippen molar-refractivity contribution in [1.29, 1.82) is 0 Å². The molecule has 450 valence electrons. The number of carbonyl (C=O) groups excluding carboxylic acids is 6. The number of aromatic nitrogens is 2. The van der Waals surface area contributed by atoms with Crippen LogP contribution in [-0.4, -0.2) is 106 Å². The van der Waals surface area contributed by atoms with Gasteiger partial charge in [0.25, 0.3) is 15.6 Å². The van der Waals surface area contributed by atoms with Crippen molar-refractivity contribution in [3.05, 3.63) is 142 Å². The molecule has 0 spiro atoms. The molecule has 2 aromatic heterocycles. The topological polar surface area (TPSA) is 327 Å². The minimum absolute atomic E-state index is 0.0545. The first-order valence-corrected chi connectivity index (χ1v) is 29.8. The molecule has 1 unspecified atom stereocenters. The molecule has 3 aliphatic rings. The second-order valence-electron chi connectivity index (χ2n) is 21.6. The van der Waals surface area contributed by atoms with Gasteiger partial charge in [0.1, 0.15) is 24.7 Å². The van der Waals surface area contributed by atoms with Gasteiger partial charge < -0.3 is 61.3 Å². The number of para-hydroxylation sites is 1. The molecule has 9 rings (SSSR count). The number of thiocarbonyl (C=S) groups is 1. The third-order valence-corrected chi connectivity index (χ3v) is 16.5. The summed E-state index contributed by atoms with van der Waals surface area (Å²) in [5.41, 5.74) is 1.78. The maximum Gasteiger partial charge on any atom is 0.355 e. The lowest BCUT2D eigenvalue weighted by atomic mass is 9.89. The number of cyclic esters (lactones) is 1. The predicted molar refractivity (Wildman–Crippen MR) is 323 cm³/mol. The van der Waals surface area contributed by atoms with E-state index in [2.05, 4.69) is 41.9 Å². The third-order valence-electron chi connectivity index (χ3n) is 14.9. The number of hydrogen-bond donors (Lipinski definition) is 9. The van der Waals surface area contributed by atoms with Gasteiger partial charge in [-0.3, -0.25) is 23.9 Å². The lowest BCUT2D eigenvalue weighted by Gasteiger charge is -2.35. The van der Waals surface area contributed by atoms with Gasteiger partial charge in [-0.25, -0.2) is 32.6 Å². The largest absolute Gasteiger partial charge is 0.481 e. The van der Waals surface area contributed by atoms with Gasteiger partial charge in [-0.05, 0) is 130 Å². The number of fused-ring (bicyclic) bond motifs is 5. The zero-order valence-corrected chi connectivity index (χ0v) is 49.3. The molecule has 5 heterocycles. The molecule has 6 amide bonds. The highest BCUT2D eigenvalue weighted by Gasteiger charge is 2.50. The van der Waals surface area contributed by atoms with Gasteiger partial charge in [0.2, 0.25) is 17.4 Å². The van der Waals surface area contributed by atoms with E-state index in [0.29, 0.717) is 35.7 Å². The van der Waals surface area contributed by atoms with Crippen LogP contribution in [-0.2, 0) is 62.2 Å². The van der Waals surface area contributed by atoms with Crippen molar-refractivity contribution < 1.29 is 56.6 Å². The molecule has 0 saturated carbocycles. The molecule has 6 aromatic rings. The predicted octanol–water partition coefficient (Wildman–Crippen LogP) is 6.81. The highest BCUT2D eigenvalue weighted by molar-refractivity contribution is 7.92. The van der Waals surface area contributed by atoms with Gasteiger partial charge in [-0.15, -0.1) is 0 Å². The van der Waals surface area contributed by atoms with Crippen molar-refractivity contribution in [2.24, 2.45) is 5.92 Å². The van der Waals surface area contributed by atoms with Gasteiger partial charge in [0.05, 0.1) is 46.4 Å². The van der Waals surface area contributed by atoms with E-state index < -0.39 is 99.5 Å². The average molecular weight is 1210 g/mol. The quantitative estimate of drug-likeness (QED) is 0.0215. The lowest BCUT2D eigenvalue weighted by Crippen LogP contribution is -2.57. The van der Waals surface area contributed by atoms with E-state index in [1.165, 1.54) is 54.3 Å². The Morgan fingerprint density at radius 3 is 2.28 bits per heavy atom. The normalized spacial score (nSPS) is 16.9. The number of carbonyl (C=O) groups is 7. The van der Waals surface area contributed by atoms with Crippen molar-refractivity contribution >= 4 is 103 Å². The van der Waals surface area contributed by atoms with Crippen molar-refractivity contribution in [2.75, 3.05) is 33.8 Å². The number of carboxylic acid groups (broad SMARTS) is 1. The summed E-state index contributed by atoms with van der Waals surface area (Å²) in [5, 5.41) is 30.0. The molecule has 9 N–H and O–H groups in total. The number of benzene rings is 4. The summed E-state index contributed by atoms with van der Waals surface area (Å²) >= 11 is 5.54. The Hall–Kier alpha value is -9.43. The fourth-order valence-corrected chi connectivity index (χ4v) is 11.9. The Labute approximate surface area is 500 Å². The van der Waals surface area contributed by atoms with Crippen molar-refractivity contribution in [2.45, 2.75) is 115 Å². The molecule has 1 saturated heterocycles. The first-order valence-electron chi connectivity index (χ1n) is 27.9. The number of anilines is 4. The van der Waals surface area contributed by atoms with Gasteiger partial charge >= 0.3 is 30.0 Å². The first-order chi connectivity index (χ1) is 41.0. The van der Waals surface area contributed by atoms with E-state index in [1.54, 1.807) is 61.7 Å². The van der Waals surface area contributed by atoms with Crippen LogP contribution in [0.4, 0.5) is 32.3 Å². The summed E-state index contributed by atoms with van der Waals surface area (Å²) in [6, 6.07) is 23.5. The number of sulfonamides is 1. The first kappa shape index (κ1) is 61.1. The summed E-state index contributed by atoms with van der Waals surface area (Å²) in [7, 11) is -4.19. The molecule has 0 bridgehead atoms. The Morgan fingerprint density at radius 2 is 1.55 bits per heavy atom. The fourth-order valence-electron chi connectivity index (χ4n) is 10.5. The molecular weight excluding hydrogens is 1150 g/mol. The maximum atomic E-state index is 14.2. The molecular formula is C60H65N11O13S2. The molecule has 26 heteroatoms. The summed E-state index contributed by atoms with van der Waals surface area (Å²) in [6.45, 7) is 8.91. The number of hydrogen-bond acceptors (Lipinski definition) is 14. The number of unbranched alkanes of at least 4 members (excludes halogenated alkanes) is 1. The Kier molecular flexibility index (Phi) is 18.4. The van der Waals surface area contributed by atoms with E-state index in [4.69, 9.17) is 26.7 Å². The van der Waals surface area contributed by atoms with E-state index in [0.717, 1.165) is 29.3 Å². The van der Waals surface area contributed by atoms with Gasteiger partial charge in [0, 0.05) is 52.4 Å². The van der Waals surface area contributed by atoms with Crippen LogP contribution in [0.3, 0.4) is 0 Å². The fraction of sp³-hybridized carbons (Fsp3) is 0.333. The SMILES string of the molecule is CCCCNC(=O)Nc1cccc(S(=O)(=O)Nc2cccc(C(CC(=O)O)NC(=O)Nc3ccc(NC(=S)N[C@@H](C)C(=O)N4CCC[C@H]4C(=O)N[C@H](C(=O)O[C@]4(C)C(=O)OCc5c4cc4n(c5=O)Cc5cc6ccccc6nc5-4)C(C)C)cc3)c2)c1. The van der Waals surface area contributed by atoms with Gasteiger partial charge in [-0.2, -0.15) is 0 Å². The minimum Gasteiger partial charge on any atom is -0.481 e. The number of urea groups is 2. The number of esters is 2. The van der Waals surface area contributed by atoms with E-state index in [-0.39, 0.29) is 64.2 Å². The zero-order valence-electron chi connectivity index (χ0n) is 47.6. The summed E-state index contributed by atoms with van der Waals surface area (Å²) in [5.74, 6) is -4.70. The van der Waals surface area contributed by atoms with Crippen molar-refractivity contribution in [3.63, 3.8) is 0 Å². The van der Waals surface area contributed by atoms with E-state index >= 15 is 0 Å². The monoisotopic (exact) mass is 1210 g/mol. The number of carboxylic acids is 1. The summed E-state index contributed by atoms with van der Waals surface area (Å²) in [4.78, 5) is 114. The number of nitrogens with one attached hydrogen (secondary N) is 8. The molecule has 5 atom stereocenters. The highest BCUT2D eigenvalue weighted by Crippen LogP contribution is 2.40. The van der Waals surface area contributed by atoms with Gasteiger partial charge in [-0.1, -0.05) is 63.6 Å². The number of nitrogens with zero attached hydrogens (tertiary/aromatic N) is 3. The molecule has 0 aliphatic carbocycles. The van der Waals surface area contributed by atoms with Crippen LogP contribution < -0.4 is 47.5 Å². The Balaban J connectivity index is 0.774. The molecule has 3 aliphatic heterocycles. The number of amides is 6. The number of likely N-dealkylation sites (tertiary alicyclic amines) is 1. The smallest absolute Gasteiger partial charge is 0.355 e. The molecule has 0 radical (unpaired) electrons. The minimum atomic E-state index is -4.19. The zero-order chi connectivity index (χ0) is 61.6. The number of aliphatic carboxylic acids is 1. The van der Waals surface area contributed by atoms with Crippen LogP contribution in [0, 0.1) is 5.92 Å². The number of ether oxygens (including phenoxy) is 2. The number of rotatable bonds is 20. The van der Waals surface area contributed by atoms with Crippen LogP contribution in [0.5, 0.6) is 0 Å². The van der Waals surface area contributed by atoms with Gasteiger partial charge in [0.15, 0.2) is 5.11 Å². The summed E-state index contributed by atoms with van der Waals surface area (Å²) < 4.78 is 42.4. The Morgan fingerprint density at radius 1 is 0.837 bits per heavy atom. The van der Waals surface area contributed by atoms with Crippen LogP contribution >= 0.6 is 12.2 Å². The molecule has 4 aromatic carbocycles. The van der Waals surface area contributed by atoms with Crippen LogP contribution in [0.15, 0.2) is 119 Å². The molecule has 86 heavy (non-hydrogen) atoms. The average Bonchev–Trinajstić information content (AvgIpc) is 1.45. The summed E-state index contributed by atoms with van der Waals surface area (Å²) in [6.07, 6.45) is 1.89. The standard InChI is InChI=1S/C60H65N11O13S2/c1-6-7-24-61-57(79)64-40-15-11-17-42(28-40)86(81,82)69-41-16-10-14-36(27-41)46(30-49(72)73)67-58(80)63-38-20-22-39(23-21-38)65-59(85)62-34(4)53(75)70-25-12-19-47(70)52(74)68-50(33(2)3)55(77)84-60(5)44-29-48-51-37(26-35-13-8-9-18-45(35)66-51)31-71(48)54(76)43(44)32-83-56(60)78/h8-11,13-18,20-23,26-29,33-34,46-47,50,69H,6-7,12,19,24-25,30-32H2,1-5H3,(H,68,74)(H,72,73)(H2,61,64,79)(H2,62,65,85)(H2,63,67,80)/t34-,46?,47-,50-,60-/m0/s1. The maximum absolute atomic E-state index is 14.2. The Bertz CT molecular complexity index is 3860. The van der Waals surface area contributed by atoms with E-state index in [1.807, 2.05) is 37.3 Å². The number of pyridine rings is 2.